The minimum Gasteiger partial charge on any atom is -0.471 e. The van der Waals surface area contributed by atoms with Crippen molar-refractivity contribution < 1.29 is 22.7 Å². The molecule has 0 radical (unpaired) electrons. The average Bonchev–Trinajstić information content (AvgIpc) is 3.26. The molecule has 3 rings (SSSR count). The van der Waals surface area contributed by atoms with Gasteiger partial charge in [0.15, 0.2) is 12.4 Å². The van der Waals surface area contributed by atoms with Crippen LogP contribution in [0.5, 0.6) is 5.75 Å². The maximum absolute atomic E-state index is 12.7. The Morgan fingerprint density at radius 2 is 1.96 bits per heavy atom. The molecule has 0 saturated carbocycles. The van der Waals surface area contributed by atoms with Crippen LogP contribution in [0.25, 0.3) is 0 Å². The summed E-state index contributed by atoms with van der Waals surface area (Å²) >= 11 is 0. The fourth-order valence-corrected chi connectivity index (χ4v) is 2.47. The first-order valence-corrected chi connectivity index (χ1v) is 8.43. The number of benzene rings is 1. The molecule has 0 atom stereocenters. The van der Waals surface area contributed by atoms with Gasteiger partial charge in [0.1, 0.15) is 11.4 Å². The van der Waals surface area contributed by atoms with Crippen LogP contribution in [0.2, 0.25) is 0 Å². The van der Waals surface area contributed by atoms with E-state index in [2.05, 4.69) is 22.4 Å². The zero-order valence-electron chi connectivity index (χ0n) is 15.2. The van der Waals surface area contributed by atoms with Gasteiger partial charge in [-0.1, -0.05) is 19.1 Å². The summed E-state index contributed by atoms with van der Waals surface area (Å²) < 4.78 is 46.1. The molecule has 28 heavy (non-hydrogen) atoms. The van der Waals surface area contributed by atoms with Crippen LogP contribution in [-0.2, 0) is 26.4 Å². The van der Waals surface area contributed by atoms with Crippen molar-refractivity contribution in [1.82, 2.24) is 19.6 Å². The van der Waals surface area contributed by atoms with Crippen molar-refractivity contribution in [3.05, 3.63) is 59.7 Å². The molecule has 1 N–H and O–H groups in total. The molecule has 0 fully saturated rings. The molecule has 3 aromatic rings. The van der Waals surface area contributed by atoms with Gasteiger partial charge in [0.25, 0.3) is 5.91 Å². The zero-order chi connectivity index (χ0) is 20.3. The summed E-state index contributed by atoms with van der Waals surface area (Å²) in [4.78, 5) is 12.2. The molecule has 0 spiro atoms. The number of carbonyl (C=O) groups excluding carboxylic acids is 1. The minimum atomic E-state index is -4.62. The van der Waals surface area contributed by atoms with Crippen molar-refractivity contribution in [3.8, 4) is 5.75 Å². The minimum absolute atomic E-state index is 0.116. The summed E-state index contributed by atoms with van der Waals surface area (Å²) in [5, 5.41) is 9.86. The Hall–Kier alpha value is -3.30. The van der Waals surface area contributed by atoms with Gasteiger partial charge >= 0.3 is 6.18 Å². The molecule has 0 aliphatic heterocycles. The molecule has 0 aliphatic rings. The van der Waals surface area contributed by atoms with E-state index < -0.39 is 17.8 Å². The number of halogens is 3. The fraction of sp³-hybridized carbons (Fsp3) is 0.278. The Kier molecular flexibility index (Phi) is 5.39. The molecular formula is C18H18F3N5O2. The third-order valence-electron chi connectivity index (χ3n) is 3.99. The number of hydrogen-bond donors (Lipinski definition) is 1. The third kappa shape index (κ3) is 4.51. The van der Waals surface area contributed by atoms with Crippen LogP contribution >= 0.6 is 0 Å². The number of alkyl halides is 3. The number of nitrogens with zero attached hydrogens (tertiary/aromatic N) is 4. The van der Waals surface area contributed by atoms with Crippen molar-refractivity contribution in [2.24, 2.45) is 7.05 Å². The van der Waals surface area contributed by atoms with Crippen LogP contribution in [0.3, 0.4) is 0 Å². The molecule has 10 heteroatoms. The highest BCUT2D eigenvalue weighted by atomic mass is 19.4. The Labute approximate surface area is 158 Å². The SMILES string of the molecule is CCc1ccc(OCn2cc(NC(=O)c3cc(C(F)(F)F)nn3C)cn2)cc1. The average molecular weight is 393 g/mol. The highest BCUT2D eigenvalue weighted by molar-refractivity contribution is 6.03. The molecule has 2 heterocycles. The molecule has 2 aromatic heterocycles. The van der Waals surface area contributed by atoms with E-state index in [1.165, 1.54) is 29.7 Å². The van der Waals surface area contributed by atoms with Crippen molar-refractivity contribution in [2.45, 2.75) is 26.3 Å². The summed E-state index contributed by atoms with van der Waals surface area (Å²) in [5.41, 5.74) is 0.177. The summed E-state index contributed by atoms with van der Waals surface area (Å²) in [6.07, 6.45) is -0.792. The molecule has 0 aliphatic carbocycles. The first-order valence-electron chi connectivity index (χ1n) is 8.43. The predicted octanol–water partition coefficient (Wildman–Crippen LogP) is 3.49. The number of amides is 1. The smallest absolute Gasteiger partial charge is 0.435 e. The lowest BCUT2D eigenvalue weighted by atomic mass is 10.2. The van der Waals surface area contributed by atoms with E-state index in [4.69, 9.17) is 4.74 Å². The van der Waals surface area contributed by atoms with Gasteiger partial charge in [0.05, 0.1) is 18.1 Å². The maximum atomic E-state index is 12.7. The second-order valence-corrected chi connectivity index (χ2v) is 6.03. The number of aryl methyl sites for hydroxylation is 2. The van der Waals surface area contributed by atoms with Crippen molar-refractivity contribution in [3.63, 3.8) is 0 Å². The van der Waals surface area contributed by atoms with E-state index >= 15 is 0 Å². The summed E-state index contributed by atoms with van der Waals surface area (Å²) in [5.74, 6) is -0.0472. The molecule has 7 nitrogen and oxygen atoms in total. The molecule has 0 bridgehead atoms. The maximum Gasteiger partial charge on any atom is 0.435 e. The second kappa shape index (κ2) is 7.75. The van der Waals surface area contributed by atoms with Crippen molar-refractivity contribution >= 4 is 11.6 Å². The monoisotopic (exact) mass is 393 g/mol. The number of nitrogens with one attached hydrogen (secondary N) is 1. The lowest BCUT2D eigenvalue weighted by Crippen LogP contribution is -2.15. The summed E-state index contributed by atoms with van der Waals surface area (Å²) in [6.45, 7) is 2.18. The van der Waals surface area contributed by atoms with Gasteiger partial charge in [-0.3, -0.25) is 9.48 Å². The van der Waals surface area contributed by atoms with E-state index in [0.717, 1.165) is 11.1 Å². The van der Waals surface area contributed by atoms with Crippen molar-refractivity contribution in [1.29, 1.82) is 0 Å². The zero-order valence-corrected chi connectivity index (χ0v) is 15.2. The number of anilines is 1. The topological polar surface area (TPSA) is 74.0 Å². The Morgan fingerprint density at radius 3 is 2.57 bits per heavy atom. The van der Waals surface area contributed by atoms with E-state index in [1.807, 2.05) is 24.3 Å². The predicted molar refractivity (Wildman–Crippen MR) is 94.8 cm³/mol. The number of aromatic nitrogens is 4. The van der Waals surface area contributed by atoms with E-state index in [9.17, 15) is 18.0 Å². The molecule has 0 unspecified atom stereocenters. The quantitative estimate of drug-likeness (QED) is 0.696. The van der Waals surface area contributed by atoms with Crippen LogP contribution in [0.1, 0.15) is 28.7 Å². The summed E-state index contributed by atoms with van der Waals surface area (Å²) in [6, 6.07) is 8.33. The second-order valence-electron chi connectivity index (χ2n) is 6.03. The number of hydrogen-bond acceptors (Lipinski definition) is 4. The highest BCUT2D eigenvalue weighted by Gasteiger charge is 2.35. The van der Waals surface area contributed by atoms with Gasteiger partial charge in [0, 0.05) is 13.1 Å². The van der Waals surface area contributed by atoms with Crippen LogP contribution in [0, 0.1) is 0 Å². The van der Waals surface area contributed by atoms with Gasteiger partial charge < -0.3 is 10.1 Å². The molecule has 1 aromatic carbocycles. The number of rotatable bonds is 6. The summed E-state index contributed by atoms with van der Waals surface area (Å²) in [7, 11) is 1.27. The lowest BCUT2D eigenvalue weighted by Gasteiger charge is -2.06. The third-order valence-corrected chi connectivity index (χ3v) is 3.99. The lowest BCUT2D eigenvalue weighted by molar-refractivity contribution is -0.141. The van der Waals surface area contributed by atoms with E-state index in [1.54, 1.807) is 0 Å². The van der Waals surface area contributed by atoms with Gasteiger partial charge in [-0.25, -0.2) is 4.68 Å². The van der Waals surface area contributed by atoms with Gasteiger partial charge in [-0.05, 0) is 24.1 Å². The first kappa shape index (κ1) is 19.5. The van der Waals surface area contributed by atoms with Crippen molar-refractivity contribution in [2.75, 3.05) is 5.32 Å². The first-order chi connectivity index (χ1) is 13.3. The van der Waals surface area contributed by atoms with Crippen LogP contribution < -0.4 is 10.1 Å². The Bertz CT molecular complexity index is 961. The van der Waals surface area contributed by atoms with E-state index in [-0.39, 0.29) is 12.4 Å². The largest absolute Gasteiger partial charge is 0.471 e. The van der Waals surface area contributed by atoms with Gasteiger partial charge in [-0.2, -0.15) is 23.4 Å². The molecule has 148 valence electrons. The fourth-order valence-electron chi connectivity index (χ4n) is 2.47. The van der Waals surface area contributed by atoms with Gasteiger partial charge in [0.2, 0.25) is 0 Å². The molecule has 0 saturated heterocycles. The van der Waals surface area contributed by atoms with Crippen LogP contribution in [0.15, 0.2) is 42.7 Å². The Morgan fingerprint density at radius 1 is 1.25 bits per heavy atom. The van der Waals surface area contributed by atoms with Crippen LogP contribution in [-0.4, -0.2) is 25.5 Å². The molecule has 1 amide bonds. The number of ether oxygens (including phenoxy) is 1. The van der Waals surface area contributed by atoms with Gasteiger partial charge in [-0.15, -0.1) is 0 Å². The number of carbonyl (C=O) groups is 1. The Balaban J connectivity index is 1.61. The highest BCUT2D eigenvalue weighted by Crippen LogP contribution is 2.28. The molecular weight excluding hydrogens is 375 g/mol. The normalized spacial score (nSPS) is 11.5. The standard InChI is InChI=1S/C18H18F3N5O2/c1-3-12-4-6-14(7-5-12)28-11-26-10-13(9-22-26)23-17(27)15-8-16(18(19,20)21)24-25(15)2/h4-10H,3,11H2,1-2H3,(H,23,27). The van der Waals surface area contributed by atoms with E-state index in [0.29, 0.717) is 17.5 Å². The van der Waals surface area contributed by atoms with Crippen LogP contribution in [0.4, 0.5) is 18.9 Å².